The van der Waals surface area contributed by atoms with Gasteiger partial charge in [0.1, 0.15) is 5.58 Å². The molecule has 2 aromatic carbocycles. The number of rotatable bonds is 6. The van der Waals surface area contributed by atoms with Crippen molar-refractivity contribution in [1.29, 1.82) is 0 Å². The second kappa shape index (κ2) is 9.23. The minimum absolute atomic E-state index is 0.118. The number of esters is 1. The van der Waals surface area contributed by atoms with Crippen molar-refractivity contribution in [3.05, 3.63) is 88.8 Å². The smallest absolute Gasteiger partial charge is 0.417 e. The first-order chi connectivity index (χ1) is 16.5. The van der Waals surface area contributed by atoms with E-state index in [0.717, 1.165) is 9.69 Å². The van der Waals surface area contributed by atoms with Crippen LogP contribution in [0.15, 0.2) is 76.4 Å². The normalized spacial score (nSPS) is 12.0. The van der Waals surface area contributed by atoms with E-state index in [9.17, 15) is 26.4 Å². The van der Waals surface area contributed by atoms with E-state index in [1.165, 1.54) is 37.6 Å². The third-order valence-electron chi connectivity index (χ3n) is 5.10. The summed E-state index contributed by atoms with van der Waals surface area (Å²) >= 11 is 6.10. The predicted molar refractivity (Wildman–Crippen MR) is 122 cm³/mol. The monoisotopic (exact) mass is 524 g/mol. The number of halogens is 4. The maximum atomic E-state index is 13.6. The molecule has 0 fully saturated rings. The van der Waals surface area contributed by atoms with E-state index in [2.05, 4.69) is 9.72 Å². The molecular formula is C23H16ClF3N2O5S. The van der Waals surface area contributed by atoms with Crippen molar-refractivity contribution >= 4 is 44.4 Å². The maximum Gasteiger partial charge on any atom is 0.417 e. The van der Waals surface area contributed by atoms with Gasteiger partial charge >= 0.3 is 12.1 Å². The van der Waals surface area contributed by atoms with Gasteiger partial charge in [-0.15, -0.1) is 0 Å². The zero-order chi connectivity index (χ0) is 25.4. The first-order valence-corrected chi connectivity index (χ1v) is 11.7. The number of ether oxygens (including phenoxy) is 1. The van der Waals surface area contributed by atoms with Gasteiger partial charge in [-0.3, -0.25) is 0 Å². The molecule has 4 rings (SSSR count). The van der Waals surface area contributed by atoms with Crippen LogP contribution in [-0.2, 0) is 27.5 Å². The summed E-state index contributed by atoms with van der Waals surface area (Å²) in [7, 11) is -3.21. The van der Waals surface area contributed by atoms with Gasteiger partial charge in [0.25, 0.3) is 10.0 Å². The van der Waals surface area contributed by atoms with E-state index in [1.807, 2.05) is 0 Å². The molecule has 0 aliphatic rings. The van der Waals surface area contributed by atoms with Crippen LogP contribution >= 0.6 is 11.6 Å². The highest BCUT2D eigenvalue weighted by molar-refractivity contribution is 7.92. The Kier molecular flexibility index (Phi) is 6.48. The van der Waals surface area contributed by atoms with Gasteiger partial charge in [-0.25, -0.2) is 22.5 Å². The number of nitrogens with zero attached hydrogens (tertiary/aromatic N) is 2. The summed E-state index contributed by atoms with van der Waals surface area (Å²) in [6.45, 7) is -0.310. The molecule has 182 valence electrons. The molecular weight excluding hydrogens is 509 g/mol. The van der Waals surface area contributed by atoms with Gasteiger partial charge in [0.15, 0.2) is 5.82 Å². The number of benzene rings is 2. The Bertz CT molecular complexity index is 1500. The van der Waals surface area contributed by atoms with Crippen LogP contribution in [0.3, 0.4) is 0 Å². The Morgan fingerprint density at radius 2 is 1.83 bits per heavy atom. The minimum Gasteiger partial charge on any atom is -0.465 e. The van der Waals surface area contributed by atoms with E-state index < -0.39 is 38.6 Å². The number of pyridine rings is 1. The van der Waals surface area contributed by atoms with E-state index in [4.69, 9.17) is 16.0 Å². The van der Waals surface area contributed by atoms with E-state index >= 15 is 0 Å². The molecule has 0 saturated heterocycles. The molecule has 0 aliphatic heterocycles. The van der Waals surface area contributed by atoms with E-state index in [1.54, 1.807) is 24.3 Å². The number of anilines is 1. The van der Waals surface area contributed by atoms with Crippen molar-refractivity contribution in [2.75, 3.05) is 11.4 Å². The summed E-state index contributed by atoms with van der Waals surface area (Å²) < 4.78 is 77.3. The first-order valence-electron chi connectivity index (χ1n) is 9.90. The lowest BCUT2D eigenvalue weighted by molar-refractivity contribution is -0.137. The topological polar surface area (TPSA) is 89.7 Å². The molecule has 0 saturated carbocycles. The van der Waals surface area contributed by atoms with Crippen LogP contribution in [0.25, 0.3) is 11.0 Å². The Hall–Kier alpha value is -3.57. The molecule has 0 unspecified atom stereocenters. The zero-order valence-corrected chi connectivity index (χ0v) is 19.5. The Balaban J connectivity index is 1.81. The molecule has 0 aliphatic carbocycles. The van der Waals surface area contributed by atoms with Crippen molar-refractivity contribution in [1.82, 2.24) is 4.98 Å². The Morgan fingerprint density at radius 3 is 2.46 bits per heavy atom. The number of methoxy groups -OCH3 is 1. The number of alkyl halides is 3. The van der Waals surface area contributed by atoms with Gasteiger partial charge in [-0.2, -0.15) is 13.2 Å². The number of sulfonamides is 1. The molecule has 4 aromatic rings. The standard InChI is InChI=1S/C23H16ClF3N2O5S/c1-33-22(30)16-4-6-18(7-5-16)35(31,32)29(13-14-2-3-15-8-9-34-20(15)10-14)21-19(24)11-17(12-28-21)23(25,26)27/h2-12H,13H2,1H3. The van der Waals surface area contributed by atoms with Crippen LogP contribution in [0.1, 0.15) is 21.5 Å². The zero-order valence-electron chi connectivity index (χ0n) is 17.9. The molecule has 0 amide bonds. The highest BCUT2D eigenvalue weighted by Gasteiger charge is 2.34. The Labute approximate surface area is 202 Å². The number of hydrogen-bond acceptors (Lipinski definition) is 6. The summed E-state index contributed by atoms with van der Waals surface area (Å²) in [5, 5.41) is 0.279. The van der Waals surface area contributed by atoms with Crippen LogP contribution in [0.4, 0.5) is 19.0 Å². The van der Waals surface area contributed by atoms with Crippen molar-refractivity contribution < 1.29 is 35.5 Å². The van der Waals surface area contributed by atoms with Crippen LogP contribution < -0.4 is 4.31 Å². The molecule has 2 heterocycles. The number of hydrogen-bond donors (Lipinski definition) is 0. The molecule has 0 N–H and O–H groups in total. The quantitative estimate of drug-likeness (QED) is 0.301. The summed E-state index contributed by atoms with van der Waals surface area (Å²) in [5.41, 5.74) is -0.0382. The number of carbonyl (C=O) groups is 1. The third-order valence-corrected chi connectivity index (χ3v) is 7.12. The minimum atomic E-state index is -4.72. The van der Waals surface area contributed by atoms with Crippen molar-refractivity contribution in [3.8, 4) is 0 Å². The average Bonchev–Trinajstić information content (AvgIpc) is 3.29. The second-order valence-electron chi connectivity index (χ2n) is 7.35. The third kappa shape index (κ3) is 4.96. The summed E-state index contributed by atoms with van der Waals surface area (Å²) in [6.07, 6.45) is -2.73. The number of furan rings is 1. The number of carbonyl (C=O) groups excluding carboxylic acids is 1. The fraction of sp³-hybridized carbons (Fsp3) is 0.130. The fourth-order valence-electron chi connectivity index (χ4n) is 3.31. The lowest BCUT2D eigenvalue weighted by atomic mass is 10.1. The van der Waals surface area contributed by atoms with Gasteiger partial charge in [0.05, 0.1) is 41.0 Å². The summed E-state index contributed by atoms with van der Waals surface area (Å²) in [4.78, 5) is 15.2. The van der Waals surface area contributed by atoms with Crippen LogP contribution in [0, 0.1) is 0 Å². The first kappa shape index (κ1) is 24.6. The summed E-state index contributed by atoms with van der Waals surface area (Å²) in [6, 6.07) is 12.2. The fourth-order valence-corrected chi connectivity index (χ4v) is 5.06. The molecule has 0 radical (unpaired) electrons. The Morgan fingerprint density at radius 1 is 1.11 bits per heavy atom. The van der Waals surface area contributed by atoms with Crippen molar-refractivity contribution in [3.63, 3.8) is 0 Å². The highest BCUT2D eigenvalue weighted by Crippen LogP contribution is 2.36. The number of fused-ring (bicyclic) bond motifs is 1. The molecule has 0 atom stereocenters. The van der Waals surface area contributed by atoms with Gasteiger partial charge in [0, 0.05) is 11.6 Å². The van der Waals surface area contributed by atoms with Gasteiger partial charge in [0.2, 0.25) is 0 Å². The van der Waals surface area contributed by atoms with Gasteiger partial charge in [-0.1, -0.05) is 23.7 Å². The molecule has 12 heteroatoms. The predicted octanol–water partition coefficient (Wildman–Crippen LogP) is 5.68. The lowest BCUT2D eigenvalue weighted by Gasteiger charge is -2.25. The molecule has 35 heavy (non-hydrogen) atoms. The van der Waals surface area contributed by atoms with Crippen molar-refractivity contribution in [2.24, 2.45) is 0 Å². The summed E-state index contributed by atoms with van der Waals surface area (Å²) in [5.74, 6) is -1.05. The molecule has 7 nitrogen and oxygen atoms in total. The van der Waals surface area contributed by atoms with Crippen LogP contribution in [-0.4, -0.2) is 26.5 Å². The van der Waals surface area contributed by atoms with Gasteiger partial charge in [-0.05, 0) is 48.0 Å². The van der Waals surface area contributed by atoms with Crippen molar-refractivity contribution in [2.45, 2.75) is 17.6 Å². The highest BCUT2D eigenvalue weighted by atomic mass is 35.5. The SMILES string of the molecule is COC(=O)c1ccc(S(=O)(=O)N(Cc2ccc3ccoc3c2)c2ncc(C(F)(F)F)cc2Cl)cc1. The maximum absolute atomic E-state index is 13.6. The van der Waals surface area contributed by atoms with Crippen LogP contribution in [0.2, 0.25) is 5.02 Å². The van der Waals surface area contributed by atoms with Crippen LogP contribution in [0.5, 0.6) is 0 Å². The van der Waals surface area contributed by atoms with E-state index in [-0.39, 0.29) is 17.0 Å². The van der Waals surface area contributed by atoms with Gasteiger partial charge < -0.3 is 9.15 Å². The number of aromatic nitrogens is 1. The lowest BCUT2D eigenvalue weighted by Crippen LogP contribution is -2.32. The molecule has 2 aromatic heterocycles. The average molecular weight is 525 g/mol. The second-order valence-corrected chi connectivity index (χ2v) is 9.62. The molecule has 0 bridgehead atoms. The van der Waals surface area contributed by atoms with E-state index in [0.29, 0.717) is 23.4 Å². The molecule has 0 spiro atoms. The largest absolute Gasteiger partial charge is 0.465 e.